The van der Waals surface area contributed by atoms with Gasteiger partial charge in [-0.25, -0.2) is 4.79 Å². The van der Waals surface area contributed by atoms with Crippen molar-refractivity contribution in [2.45, 2.75) is 104 Å². The third-order valence-corrected chi connectivity index (χ3v) is 7.84. The lowest BCUT2D eigenvalue weighted by molar-refractivity contribution is -0.149. The van der Waals surface area contributed by atoms with Crippen LogP contribution in [0.5, 0.6) is 5.75 Å². The van der Waals surface area contributed by atoms with E-state index in [0.29, 0.717) is 5.56 Å². The van der Waals surface area contributed by atoms with Crippen LogP contribution in [-0.2, 0) is 39.9 Å². The maximum Gasteiger partial charge on any atom is 0.329 e. The second-order valence-corrected chi connectivity index (χ2v) is 12.9. The van der Waals surface area contributed by atoms with E-state index >= 15 is 0 Å². The summed E-state index contributed by atoms with van der Waals surface area (Å²) in [5.41, 5.74) is 0.642. The Bertz CT molecular complexity index is 1320. The number of allylic oxidation sites excluding steroid dienone is 1. The van der Waals surface area contributed by atoms with Gasteiger partial charge in [-0.05, 0) is 42.4 Å². The number of carbonyl (C=O) groups is 6. The molecule has 0 saturated heterocycles. The number of carbonyl (C=O) groups excluding carboxylic acids is 6. The molecule has 0 aromatic heterocycles. The Morgan fingerprint density at radius 3 is 2.35 bits per heavy atom. The number of rotatable bonds is 16. The van der Waals surface area contributed by atoms with Crippen molar-refractivity contribution in [3.63, 3.8) is 0 Å². The molecule has 0 saturated carbocycles. The first-order valence-electron chi connectivity index (χ1n) is 17.1. The smallest absolute Gasteiger partial charge is 0.329 e. The second-order valence-electron chi connectivity index (χ2n) is 12.9. The third-order valence-electron chi connectivity index (χ3n) is 7.84. The quantitative estimate of drug-likeness (QED) is 0.0869. The van der Waals surface area contributed by atoms with Gasteiger partial charge >= 0.3 is 5.97 Å². The zero-order valence-corrected chi connectivity index (χ0v) is 29.3. The lowest BCUT2D eigenvalue weighted by Crippen LogP contribution is -2.56. The Balaban J connectivity index is 2.09. The predicted octanol–water partition coefficient (Wildman–Crippen LogP) is 2.33. The molecule has 1 aliphatic heterocycles. The van der Waals surface area contributed by atoms with Gasteiger partial charge in [0.15, 0.2) is 0 Å². The van der Waals surface area contributed by atoms with Gasteiger partial charge in [0, 0.05) is 18.9 Å². The van der Waals surface area contributed by atoms with Crippen LogP contribution in [0.15, 0.2) is 48.6 Å². The first-order valence-corrected chi connectivity index (χ1v) is 17.1. The fraction of sp³-hybridized carbons (Fsp3) is 0.556. The normalized spacial score (nSPS) is 20.0. The number of ether oxygens (including phenoxy) is 1. The lowest BCUT2D eigenvalue weighted by Gasteiger charge is -2.27. The maximum absolute atomic E-state index is 13.4. The molecular formula is C36H53N5O8. The number of phenolic OH excluding ortho intramolecular Hbond substituents is 1. The first kappa shape index (κ1) is 40.5. The maximum atomic E-state index is 13.4. The summed E-state index contributed by atoms with van der Waals surface area (Å²) < 4.78 is 5.53. The summed E-state index contributed by atoms with van der Waals surface area (Å²) in [6, 6.07) is 2.07. The zero-order chi connectivity index (χ0) is 36.3. The van der Waals surface area contributed by atoms with Crippen LogP contribution in [0.4, 0.5) is 0 Å². The Labute approximate surface area is 289 Å². The predicted molar refractivity (Wildman–Crippen MR) is 185 cm³/mol. The molecule has 0 fully saturated rings. The molecule has 1 heterocycles. The summed E-state index contributed by atoms with van der Waals surface area (Å²) >= 11 is 0. The van der Waals surface area contributed by atoms with Crippen molar-refractivity contribution in [1.82, 2.24) is 26.6 Å². The van der Waals surface area contributed by atoms with E-state index in [1.54, 1.807) is 45.9 Å². The van der Waals surface area contributed by atoms with Gasteiger partial charge < -0.3 is 36.4 Å². The van der Waals surface area contributed by atoms with Crippen LogP contribution in [0.3, 0.4) is 0 Å². The zero-order valence-electron chi connectivity index (χ0n) is 29.3. The van der Waals surface area contributed by atoms with Crippen molar-refractivity contribution in [1.29, 1.82) is 0 Å². The number of phenols is 1. The summed E-state index contributed by atoms with van der Waals surface area (Å²) in [4.78, 5) is 77.4. The number of benzene rings is 1. The summed E-state index contributed by atoms with van der Waals surface area (Å²) in [7, 11) is 0. The molecule has 4 atom stereocenters. The molecule has 1 aliphatic rings. The molecule has 6 N–H and O–H groups in total. The van der Waals surface area contributed by atoms with E-state index in [0.717, 1.165) is 31.8 Å². The van der Waals surface area contributed by atoms with Crippen molar-refractivity contribution in [3.05, 3.63) is 54.1 Å². The topological polar surface area (TPSA) is 192 Å². The van der Waals surface area contributed by atoms with Crippen molar-refractivity contribution in [2.24, 2.45) is 11.8 Å². The molecule has 0 unspecified atom stereocenters. The highest BCUT2D eigenvalue weighted by molar-refractivity contribution is 5.95. The van der Waals surface area contributed by atoms with Crippen molar-refractivity contribution in [2.75, 3.05) is 13.2 Å². The SMILES string of the molecule is CCCCCCC=CCC(=O)NCC(=O)N[C@H](C(=O)N[C@@H]1/C=C\C(=O)N[C@@H](C(C)C)C(=O)N[C@@H](Cc2ccc(O)cc2)C(=O)OC1)C(C)C. The second kappa shape index (κ2) is 21.3. The van der Waals surface area contributed by atoms with Gasteiger partial charge in [-0.3, -0.25) is 24.0 Å². The van der Waals surface area contributed by atoms with E-state index in [9.17, 15) is 33.9 Å². The number of unbranched alkanes of at least 4 members (excludes halogenated alkanes) is 4. The van der Waals surface area contributed by atoms with Gasteiger partial charge in [0.05, 0.1) is 12.6 Å². The molecule has 13 nitrogen and oxygen atoms in total. The molecule has 2 rings (SSSR count). The average Bonchev–Trinajstić information content (AvgIpc) is 3.05. The number of esters is 1. The fourth-order valence-corrected chi connectivity index (χ4v) is 4.96. The summed E-state index contributed by atoms with van der Waals surface area (Å²) in [5.74, 6) is -4.02. The van der Waals surface area contributed by atoms with Crippen LogP contribution in [0.2, 0.25) is 0 Å². The van der Waals surface area contributed by atoms with Crippen LogP contribution in [0.25, 0.3) is 0 Å². The van der Waals surface area contributed by atoms with Crippen molar-refractivity contribution < 1.29 is 38.6 Å². The standard InChI is InChI=1S/C36H53N5O8/c1-6-7-8-9-10-11-12-13-29(43)37-21-31(45)41-32(23(2)3)34(46)38-26-16-19-30(44)40-33(24(4)5)35(47)39-28(36(48)49-22-26)20-25-14-17-27(42)18-15-25/h11-12,14-19,23-24,26,28,32-33,42H,6-10,13,20-22H2,1-5H3,(H,37,43)(H,38,46)(H,39,47)(H,40,44)(H,41,45)/b12-11?,19-16-/t26-,28+,32+,33+/m1/s1. The van der Waals surface area contributed by atoms with Gasteiger partial charge in [0.2, 0.25) is 29.5 Å². The number of aromatic hydroxyl groups is 1. The van der Waals surface area contributed by atoms with E-state index in [1.165, 1.54) is 24.6 Å². The number of cyclic esters (lactones) is 1. The highest BCUT2D eigenvalue weighted by atomic mass is 16.5. The Morgan fingerprint density at radius 2 is 1.69 bits per heavy atom. The minimum atomic E-state index is -1.13. The number of hydrogen-bond donors (Lipinski definition) is 6. The van der Waals surface area contributed by atoms with E-state index in [-0.39, 0.29) is 49.5 Å². The van der Waals surface area contributed by atoms with E-state index in [1.807, 2.05) is 6.08 Å². The molecule has 0 spiro atoms. The van der Waals surface area contributed by atoms with Crippen LogP contribution in [0, 0.1) is 11.8 Å². The molecule has 1 aromatic rings. The first-order chi connectivity index (χ1) is 23.3. The molecule has 0 radical (unpaired) electrons. The number of nitrogens with one attached hydrogen (secondary N) is 5. The van der Waals surface area contributed by atoms with Gasteiger partial charge in [-0.1, -0.05) is 84.2 Å². The molecule has 49 heavy (non-hydrogen) atoms. The molecule has 270 valence electrons. The molecule has 13 heteroatoms. The number of amides is 5. The van der Waals surface area contributed by atoms with E-state index in [2.05, 4.69) is 33.5 Å². The lowest BCUT2D eigenvalue weighted by atomic mass is 10.0. The Hall–Kier alpha value is -4.68. The summed E-state index contributed by atoms with van der Waals surface area (Å²) in [6.45, 7) is 8.43. The van der Waals surface area contributed by atoms with Crippen molar-refractivity contribution >= 4 is 35.5 Å². The van der Waals surface area contributed by atoms with Crippen LogP contribution in [-0.4, -0.2) is 77.9 Å². The molecule has 5 amide bonds. The fourth-order valence-electron chi connectivity index (χ4n) is 4.96. The Morgan fingerprint density at radius 1 is 0.980 bits per heavy atom. The van der Waals surface area contributed by atoms with E-state index in [4.69, 9.17) is 4.74 Å². The molecule has 0 aliphatic carbocycles. The average molecular weight is 684 g/mol. The van der Waals surface area contributed by atoms with Crippen LogP contribution >= 0.6 is 0 Å². The largest absolute Gasteiger partial charge is 0.508 e. The minimum Gasteiger partial charge on any atom is -0.508 e. The minimum absolute atomic E-state index is 0.0406. The number of hydrogen-bond acceptors (Lipinski definition) is 8. The highest BCUT2D eigenvalue weighted by Gasteiger charge is 2.31. The molecule has 0 bridgehead atoms. The van der Waals surface area contributed by atoms with Gasteiger partial charge in [0.25, 0.3) is 0 Å². The van der Waals surface area contributed by atoms with Gasteiger partial charge in [-0.2, -0.15) is 0 Å². The summed E-state index contributed by atoms with van der Waals surface area (Å²) in [6.07, 6.45) is 11.9. The van der Waals surface area contributed by atoms with Crippen molar-refractivity contribution in [3.8, 4) is 5.75 Å². The van der Waals surface area contributed by atoms with Crippen LogP contribution in [0.1, 0.15) is 78.7 Å². The molecule has 1 aromatic carbocycles. The molecular weight excluding hydrogens is 630 g/mol. The Kier molecular flexibility index (Phi) is 17.6. The monoisotopic (exact) mass is 683 g/mol. The van der Waals surface area contributed by atoms with Gasteiger partial charge in [-0.15, -0.1) is 0 Å². The van der Waals surface area contributed by atoms with E-state index < -0.39 is 53.8 Å². The van der Waals surface area contributed by atoms with Gasteiger partial charge in [0.1, 0.15) is 30.5 Å². The summed E-state index contributed by atoms with van der Waals surface area (Å²) in [5, 5.41) is 22.9. The third kappa shape index (κ3) is 15.4. The highest BCUT2D eigenvalue weighted by Crippen LogP contribution is 2.13. The van der Waals surface area contributed by atoms with Crippen LogP contribution < -0.4 is 26.6 Å².